The Bertz CT molecular complexity index is 1150. The summed E-state index contributed by atoms with van der Waals surface area (Å²) in [7, 11) is 0. The molecule has 4 rings (SSSR count). The topological polar surface area (TPSA) is 78.4 Å². The number of hydrogen-bond donors (Lipinski definition) is 0. The number of fused-ring (bicyclic) bond motifs is 1. The summed E-state index contributed by atoms with van der Waals surface area (Å²) in [6.07, 6.45) is 1.71. The summed E-state index contributed by atoms with van der Waals surface area (Å²) in [6.45, 7) is 3.93. The first-order chi connectivity index (χ1) is 13.5. The van der Waals surface area contributed by atoms with Crippen LogP contribution in [0.1, 0.15) is 22.6 Å². The second-order valence-corrected chi connectivity index (χ2v) is 6.93. The molecule has 0 aliphatic heterocycles. The molecule has 28 heavy (non-hydrogen) atoms. The van der Waals surface area contributed by atoms with Crippen LogP contribution >= 0.6 is 11.6 Å². The molecule has 0 atom stereocenters. The van der Waals surface area contributed by atoms with Gasteiger partial charge in [-0.2, -0.15) is 0 Å². The van der Waals surface area contributed by atoms with E-state index in [0.717, 1.165) is 33.2 Å². The minimum atomic E-state index is -0.396. The molecule has 2 heterocycles. The molecule has 142 valence electrons. The van der Waals surface area contributed by atoms with Crippen LogP contribution in [0, 0.1) is 13.8 Å². The maximum absolute atomic E-state index is 12.2. The minimum Gasteiger partial charge on any atom is -0.464 e. The van der Waals surface area contributed by atoms with Crippen molar-refractivity contribution in [1.29, 1.82) is 0 Å². The molecule has 0 bridgehead atoms. The standard InChI is InChI=1S/C21H17ClN2O4/c1-12-3-8-17-15(10-27-20(17)13(12)2)9-19(25)26-11-18-23-24-21(28-18)14-4-6-16(22)7-5-14/h3-8,10H,9,11H2,1-2H3. The highest BCUT2D eigenvalue weighted by atomic mass is 35.5. The zero-order chi connectivity index (χ0) is 19.7. The van der Waals surface area contributed by atoms with E-state index in [1.807, 2.05) is 26.0 Å². The van der Waals surface area contributed by atoms with Gasteiger partial charge in [0, 0.05) is 21.5 Å². The summed E-state index contributed by atoms with van der Waals surface area (Å²) in [5, 5.41) is 9.41. The molecule has 4 aromatic rings. The van der Waals surface area contributed by atoms with Crippen LogP contribution < -0.4 is 0 Å². The van der Waals surface area contributed by atoms with Crippen molar-refractivity contribution in [3.63, 3.8) is 0 Å². The van der Waals surface area contributed by atoms with Crippen molar-refractivity contribution in [1.82, 2.24) is 10.2 Å². The quantitative estimate of drug-likeness (QED) is 0.440. The third-order valence-corrected chi connectivity index (χ3v) is 4.84. The molecular formula is C21H17ClN2O4. The number of carbonyl (C=O) groups is 1. The summed E-state index contributed by atoms with van der Waals surface area (Å²) in [5.41, 5.74) is 4.54. The van der Waals surface area contributed by atoms with E-state index in [9.17, 15) is 4.79 Å². The van der Waals surface area contributed by atoms with Crippen molar-refractivity contribution in [2.24, 2.45) is 0 Å². The molecule has 0 unspecified atom stereocenters. The van der Waals surface area contributed by atoms with Gasteiger partial charge in [0.1, 0.15) is 5.58 Å². The predicted octanol–water partition coefficient (Wildman–Crippen LogP) is 5.04. The fourth-order valence-corrected chi connectivity index (χ4v) is 3.02. The van der Waals surface area contributed by atoms with E-state index in [1.165, 1.54) is 0 Å². The van der Waals surface area contributed by atoms with Gasteiger partial charge in [-0.25, -0.2) is 0 Å². The first-order valence-electron chi connectivity index (χ1n) is 8.71. The van der Waals surface area contributed by atoms with Crippen molar-refractivity contribution >= 4 is 28.5 Å². The number of furan rings is 1. The largest absolute Gasteiger partial charge is 0.464 e. The molecule has 6 nitrogen and oxygen atoms in total. The second-order valence-electron chi connectivity index (χ2n) is 6.49. The lowest BCUT2D eigenvalue weighted by atomic mass is 10.0. The summed E-state index contributed by atoms with van der Waals surface area (Å²) >= 11 is 5.87. The van der Waals surface area contributed by atoms with Crippen molar-refractivity contribution in [3.05, 3.63) is 70.3 Å². The summed E-state index contributed by atoms with van der Waals surface area (Å²) < 4.78 is 16.4. The Labute approximate surface area is 166 Å². The molecule has 0 fully saturated rings. The number of hydrogen-bond acceptors (Lipinski definition) is 6. The predicted molar refractivity (Wildman–Crippen MR) is 104 cm³/mol. The van der Waals surface area contributed by atoms with E-state index in [4.69, 9.17) is 25.2 Å². The normalized spacial score (nSPS) is 11.1. The summed E-state index contributed by atoms with van der Waals surface area (Å²) in [4.78, 5) is 12.2. The molecule has 0 radical (unpaired) electrons. The maximum atomic E-state index is 12.2. The van der Waals surface area contributed by atoms with E-state index in [1.54, 1.807) is 30.5 Å². The van der Waals surface area contributed by atoms with Gasteiger partial charge in [0.05, 0.1) is 12.7 Å². The fraction of sp³-hybridized carbons (Fsp3) is 0.190. The van der Waals surface area contributed by atoms with Crippen molar-refractivity contribution in [2.45, 2.75) is 26.9 Å². The van der Waals surface area contributed by atoms with E-state index in [-0.39, 0.29) is 18.9 Å². The average molecular weight is 397 g/mol. The van der Waals surface area contributed by atoms with Crippen molar-refractivity contribution in [3.8, 4) is 11.5 Å². The monoisotopic (exact) mass is 396 g/mol. The van der Waals surface area contributed by atoms with Gasteiger partial charge in [-0.05, 0) is 49.2 Å². The lowest BCUT2D eigenvalue weighted by Crippen LogP contribution is -2.08. The molecule has 0 spiro atoms. The lowest BCUT2D eigenvalue weighted by Gasteiger charge is -2.02. The van der Waals surface area contributed by atoms with Gasteiger partial charge >= 0.3 is 5.97 Å². The second kappa shape index (κ2) is 7.48. The molecule has 0 aliphatic carbocycles. The smallest absolute Gasteiger partial charge is 0.310 e. The maximum Gasteiger partial charge on any atom is 0.310 e. The van der Waals surface area contributed by atoms with Gasteiger partial charge in [-0.1, -0.05) is 23.7 Å². The molecule has 0 aliphatic rings. The Balaban J connectivity index is 1.40. The lowest BCUT2D eigenvalue weighted by molar-refractivity contribution is -0.144. The highest BCUT2D eigenvalue weighted by Crippen LogP contribution is 2.27. The number of halogens is 1. The fourth-order valence-electron chi connectivity index (χ4n) is 2.90. The number of rotatable bonds is 5. The van der Waals surface area contributed by atoms with Gasteiger partial charge < -0.3 is 13.6 Å². The van der Waals surface area contributed by atoms with Crippen molar-refractivity contribution < 1.29 is 18.4 Å². The Morgan fingerprint density at radius 3 is 2.68 bits per heavy atom. The van der Waals surface area contributed by atoms with Crippen LogP contribution in [0.2, 0.25) is 5.02 Å². The molecule has 0 saturated carbocycles. The van der Waals surface area contributed by atoms with Crippen LogP contribution in [0.4, 0.5) is 0 Å². The summed E-state index contributed by atoms with van der Waals surface area (Å²) in [6, 6.07) is 11.0. The zero-order valence-corrected chi connectivity index (χ0v) is 16.1. The number of aryl methyl sites for hydroxylation is 2. The van der Waals surface area contributed by atoms with Crippen molar-refractivity contribution in [2.75, 3.05) is 0 Å². The van der Waals surface area contributed by atoms with Gasteiger partial charge in [-0.3, -0.25) is 4.79 Å². The number of ether oxygens (including phenoxy) is 1. The number of nitrogens with zero attached hydrogens (tertiary/aromatic N) is 2. The number of carbonyl (C=O) groups excluding carboxylic acids is 1. The van der Waals surface area contributed by atoms with Gasteiger partial charge in [0.15, 0.2) is 6.61 Å². The van der Waals surface area contributed by atoms with Crippen LogP contribution in [-0.4, -0.2) is 16.2 Å². The third kappa shape index (κ3) is 3.64. The van der Waals surface area contributed by atoms with E-state index in [2.05, 4.69) is 10.2 Å². The first kappa shape index (κ1) is 18.3. The van der Waals surface area contributed by atoms with E-state index < -0.39 is 5.97 Å². The number of esters is 1. The van der Waals surface area contributed by atoms with Crippen LogP contribution in [0.15, 0.2) is 51.5 Å². The minimum absolute atomic E-state index is 0.0899. The Hall–Kier alpha value is -3.12. The number of aromatic nitrogens is 2. The van der Waals surface area contributed by atoms with Crippen LogP contribution in [0.3, 0.4) is 0 Å². The SMILES string of the molecule is Cc1ccc2c(CC(=O)OCc3nnc(-c4ccc(Cl)cc4)o3)coc2c1C. The Morgan fingerprint density at radius 1 is 1.11 bits per heavy atom. The molecule has 2 aromatic carbocycles. The third-order valence-electron chi connectivity index (χ3n) is 4.59. The van der Waals surface area contributed by atoms with E-state index in [0.29, 0.717) is 10.9 Å². The van der Waals surface area contributed by atoms with Crippen LogP contribution in [0.25, 0.3) is 22.4 Å². The highest BCUT2D eigenvalue weighted by molar-refractivity contribution is 6.30. The average Bonchev–Trinajstić information content (AvgIpc) is 3.31. The molecule has 2 aromatic heterocycles. The molecule has 0 amide bonds. The Morgan fingerprint density at radius 2 is 1.89 bits per heavy atom. The molecular weight excluding hydrogens is 380 g/mol. The van der Waals surface area contributed by atoms with Crippen LogP contribution in [0.5, 0.6) is 0 Å². The summed E-state index contributed by atoms with van der Waals surface area (Å²) in [5.74, 6) is 0.170. The zero-order valence-electron chi connectivity index (χ0n) is 15.4. The van der Waals surface area contributed by atoms with E-state index >= 15 is 0 Å². The van der Waals surface area contributed by atoms with Gasteiger partial charge in [-0.15, -0.1) is 10.2 Å². The molecule has 0 saturated heterocycles. The molecule has 0 N–H and O–H groups in total. The van der Waals surface area contributed by atoms with Crippen LogP contribution in [-0.2, 0) is 22.6 Å². The highest BCUT2D eigenvalue weighted by Gasteiger charge is 2.15. The van der Waals surface area contributed by atoms with Gasteiger partial charge in [0.25, 0.3) is 5.89 Å². The Kier molecular flexibility index (Phi) is 4.88. The molecule has 7 heteroatoms. The first-order valence-corrected chi connectivity index (χ1v) is 9.09. The van der Waals surface area contributed by atoms with Gasteiger partial charge in [0.2, 0.25) is 5.89 Å². The number of benzene rings is 2.